The molecule has 1 aliphatic carbocycles. The van der Waals surface area contributed by atoms with Crippen molar-refractivity contribution in [3.63, 3.8) is 0 Å². The molecule has 1 aromatic carbocycles. The van der Waals surface area contributed by atoms with Crippen LogP contribution in [-0.4, -0.2) is 54.1 Å². The number of ether oxygens (including phenoxy) is 1. The highest BCUT2D eigenvalue weighted by Gasteiger charge is 2.41. The Kier molecular flexibility index (Phi) is 8.27. The molecule has 12 heteroatoms. The highest BCUT2D eigenvalue weighted by Crippen LogP contribution is 2.41. The van der Waals surface area contributed by atoms with Crippen molar-refractivity contribution >= 4 is 26.6 Å². The number of hydrogen-bond acceptors (Lipinski definition) is 6. The first-order valence-electron chi connectivity index (χ1n) is 12.8. The number of sulfone groups is 1. The number of pyridine rings is 1. The summed E-state index contributed by atoms with van der Waals surface area (Å²) >= 11 is 0. The topological polar surface area (TPSA) is 125 Å². The number of alkyl halides is 3. The number of aliphatic hydroxyl groups excluding tert-OH is 1. The van der Waals surface area contributed by atoms with E-state index in [0.717, 1.165) is 0 Å². The fourth-order valence-corrected chi connectivity index (χ4v) is 6.32. The molecule has 1 aliphatic rings. The first-order valence-corrected chi connectivity index (χ1v) is 14.4. The van der Waals surface area contributed by atoms with E-state index in [4.69, 9.17) is 10.5 Å². The largest absolute Gasteiger partial charge is 0.476 e. The fraction of sp³-hybridized carbons (Fsp3) is 0.481. The number of carbonyl (C=O) groups is 1. The number of hydrogen-bond donors (Lipinski definition) is 2. The van der Waals surface area contributed by atoms with Crippen LogP contribution in [0.3, 0.4) is 0 Å². The van der Waals surface area contributed by atoms with Crippen molar-refractivity contribution in [2.75, 3.05) is 19.0 Å². The minimum atomic E-state index is -4.18. The SMILES string of the molecule is CCS(=O)(=O)c1ccc([C@@H](CO)c2c(C(N)=O)c3ccnc(OCC4CCC(C(F)(F)F)CC4)c3n2C)cc1. The van der Waals surface area contributed by atoms with Gasteiger partial charge in [-0.1, -0.05) is 19.1 Å². The summed E-state index contributed by atoms with van der Waals surface area (Å²) in [5, 5.41) is 10.8. The summed E-state index contributed by atoms with van der Waals surface area (Å²) in [4.78, 5) is 17.1. The molecule has 2 heterocycles. The van der Waals surface area contributed by atoms with E-state index < -0.39 is 40.4 Å². The van der Waals surface area contributed by atoms with Gasteiger partial charge in [-0.3, -0.25) is 4.79 Å². The number of nitrogens with zero attached hydrogens (tertiary/aromatic N) is 2. The zero-order valence-corrected chi connectivity index (χ0v) is 22.6. The zero-order chi connectivity index (χ0) is 28.5. The fourth-order valence-electron chi connectivity index (χ4n) is 5.44. The molecule has 0 spiro atoms. The van der Waals surface area contributed by atoms with Crippen LogP contribution >= 0.6 is 0 Å². The molecule has 1 fully saturated rings. The minimum Gasteiger partial charge on any atom is -0.476 e. The Morgan fingerprint density at radius 1 is 1.18 bits per heavy atom. The molecule has 0 aliphatic heterocycles. The van der Waals surface area contributed by atoms with Crippen molar-refractivity contribution in [3.8, 4) is 5.88 Å². The van der Waals surface area contributed by atoms with Gasteiger partial charge in [-0.25, -0.2) is 13.4 Å². The summed E-state index contributed by atoms with van der Waals surface area (Å²) in [6.07, 6.45) is -1.81. The number of aryl methyl sites for hydroxylation is 1. The molecular weight excluding hydrogens is 535 g/mol. The van der Waals surface area contributed by atoms with Crippen LogP contribution in [0.25, 0.3) is 10.9 Å². The Labute approximate surface area is 224 Å². The number of halogens is 3. The molecule has 39 heavy (non-hydrogen) atoms. The highest BCUT2D eigenvalue weighted by atomic mass is 32.2. The lowest BCUT2D eigenvalue weighted by atomic mass is 9.82. The van der Waals surface area contributed by atoms with E-state index in [1.807, 2.05) is 0 Å². The molecule has 3 aromatic rings. The van der Waals surface area contributed by atoms with Crippen LogP contribution in [0.15, 0.2) is 41.4 Å². The van der Waals surface area contributed by atoms with Gasteiger partial charge in [-0.05, 0) is 55.4 Å². The van der Waals surface area contributed by atoms with Gasteiger partial charge in [-0.15, -0.1) is 0 Å². The molecule has 8 nitrogen and oxygen atoms in total. The third kappa shape index (κ3) is 5.76. The lowest BCUT2D eigenvalue weighted by molar-refractivity contribution is -0.184. The predicted octanol–water partition coefficient (Wildman–Crippen LogP) is 4.34. The molecule has 2 aromatic heterocycles. The summed E-state index contributed by atoms with van der Waals surface area (Å²) in [6, 6.07) is 7.74. The Morgan fingerprint density at radius 3 is 2.36 bits per heavy atom. The molecule has 1 amide bonds. The van der Waals surface area contributed by atoms with Crippen molar-refractivity contribution in [2.45, 2.75) is 49.6 Å². The van der Waals surface area contributed by atoms with Crippen molar-refractivity contribution in [3.05, 3.63) is 53.3 Å². The van der Waals surface area contributed by atoms with Crippen LogP contribution in [-0.2, 0) is 16.9 Å². The monoisotopic (exact) mass is 567 g/mol. The maximum Gasteiger partial charge on any atom is 0.391 e. The smallest absolute Gasteiger partial charge is 0.391 e. The second-order valence-corrected chi connectivity index (χ2v) is 12.3. The van der Waals surface area contributed by atoms with Gasteiger partial charge in [0, 0.05) is 30.2 Å². The van der Waals surface area contributed by atoms with Gasteiger partial charge in [0.2, 0.25) is 5.88 Å². The first-order chi connectivity index (χ1) is 18.4. The van der Waals surface area contributed by atoms with E-state index in [1.54, 1.807) is 36.7 Å². The normalized spacial score (nSPS) is 19.2. The third-order valence-corrected chi connectivity index (χ3v) is 9.41. The molecule has 0 bridgehead atoms. The lowest BCUT2D eigenvalue weighted by Gasteiger charge is -2.29. The van der Waals surface area contributed by atoms with Crippen LogP contribution in [0.5, 0.6) is 5.88 Å². The number of benzene rings is 1. The Balaban J connectivity index is 1.67. The summed E-state index contributed by atoms with van der Waals surface area (Å²) < 4.78 is 71.2. The number of carbonyl (C=O) groups excluding carboxylic acids is 1. The molecule has 0 radical (unpaired) electrons. The number of aromatic nitrogens is 2. The molecule has 212 valence electrons. The van der Waals surface area contributed by atoms with Crippen molar-refractivity contribution in [1.82, 2.24) is 9.55 Å². The standard InChI is InChI=1S/C27H32F3N3O5S/c1-3-39(36,37)19-10-6-17(7-11-19)21(14-34)23-22(25(31)35)20-12-13-32-26(24(20)33(23)2)38-15-16-4-8-18(9-5-16)27(28,29)30/h6-7,10-13,16,18,21,34H,3-5,8-9,14-15H2,1-2H3,(H2,31,35)/t16?,18?,21-/m1/s1. The molecule has 4 rings (SSSR count). The molecule has 1 saturated carbocycles. The molecule has 3 N–H and O–H groups in total. The van der Waals surface area contributed by atoms with Crippen LogP contribution in [0.1, 0.15) is 60.1 Å². The van der Waals surface area contributed by atoms with E-state index in [0.29, 0.717) is 35.0 Å². The van der Waals surface area contributed by atoms with Crippen molar-refractivity contribution < 1.29 is 36.2 Å². The van der Waals surface area contributed by atoms with E-state index >= 15 is 0 Å². The van der Waals surface area contributed by atoms with Crippen LogP contribution in [0.2, 0.25) is 0 Å². The highest BCUT2D eigenvalue weighted by molar-refractivity contribution is 7.91. The van der Waals surface area contributed by atoms with Crippen molar-refractivity contribution in [2.24, 2.45) is 24.6 Å². The van der Waals surface area contributed by atoms with Gasteiger partial charge in [0.05, 0.1) is 35.3 Å². The molecule has 0 unspecified atom stereocenters. The van der Waals surface area contributed by atoms with E-state index in [-0.39, 0.29) is 47.5 Å². The van der Waals surface area contributed by atoms with E-state index in [2.05, 4.69) is 4.98 Å². The van der Waals surface area contributed by atoms with E-state index in [1.165, 1.54) is 18.3 Å². The quantitative estimate of drug-likeness (QED) is 0.397. The van der Waals surface area contributed by atoms with Gasteiger partial charge in [0.25, 0.3) is 5.91 Å². The summed E-state index contributed by atoms with van der Waals surface area (Å²) in [6.45, 7) is 1.34. The Bertz CT molecular complexity index is 1440. The molecule has 1 atom stereocenters. The second kappa shape index (κ2) is 11.2. The van der Waals surface area contributed by atoms with Crippen LogP contribution in [0.4, 0.5) is 13.2 Å². The van der Waals surface area contributed by atoms with Gasteiger partial charge in [0.1, 0.15) is 5.52 Å². The van der Waals surface area contributed by atoms with Gasteiger partial charge in [-0.2, -0.15) is 13.2 Å². The Morgan fingerprint density at radius 2 is 1.82 bits per heavy atom. The van der Waals surface area contributed by atoms with E-state index in [9.17, 15) is 31.5 Å². The Hall–Kier alpha value is -3.12. The molecule has 0 saturated heterocycles. The van der Waals surface area contributed by atoms with Crippen LogP contribution < -0.4 is 10.5 Å². The zero-order valence-electron chi connectivity index (χ0n) is 21.7. The van der Waals surface area contributed by atoms with Gasteiger partial charge >= 0.3 is 6.18 Å². The average molecular weight is 568 g/mol. The summed E-state index contributed by atoms with van der Waals surface area (Å²) in [7, 11) is -1.73. The number of primary amides is 1. The van der Waals surface area contributed by atoms with Crippen molar-refractivity contribution in [1.29, 1.82) is 0 Å². The number of rotatable bonds is 9. The second-order valence-electron chi connectivity index (χ2n) is 9.97. The predicted molar refractivity (Wildman–Crippen MR) is 139 cm³/mol. The molecular formula is C27H32F3N3O5S. The number of amides is 1. The third-order valence-electron chi connectivity index (χ3n) is 7.66. The average Bonchev–Trinajstić information content (AvgIpc) is 3.21. The van der Waals surface area contributed by atoms with Gasteiger partial charge in [0.15, 0.2) is 9.84 Å². The van der Waals surface area contributed by atoms with Crippen LogP contribution in [0, 0.1) is 11.8 Å². The first kappa shape index (κ1) is 28.9. The summed E-state index contributed by atoms with van der Waals surface area (Å²) in [5.41, 5.74) is 7.42. The number of aliphatic hydroxyl groups is 1. The van der Waals surface area contributed by atoms with Gasteiger partial charge < -0.3 is 20.1 Å². The number of fused-ring (bicyclic) bond motifs is 1. The minimum absolute atomic E-state index is 0.0512. The maximum absolute atomic E-state index is 13.0. The number of nitrogens with two attached hydrogens (primary N) is 1. The maximum atomic E-state index is 13.0. The lowest BCUT2D eigenvalue weighted by Crippen LogP contribution is -2.29. The summed E-state index contributed by atoms with van der Waals surface area (Å²) in [5.74, 6) is -2.61.